The lowest BCUT2D eigenvalue weighted by molar-refractivity contribution is 0.0986. The van der Waals surface area contributed by atoms with Gasteiger partial charge >= 0.3 is 0 Å². The minimum atomic E-state index is -1.02. The summed E-state index contributed by atoms with van der Waals surface area (Å²) in [6.07, 6.45) is 1.13. The standard InChI is InChI=1S/C16H18O2S2/c1-12-7-8-13(2)16(11-12)20(18)10-4-5-14(17)15-6-3-9-19-15/h3,6-9,11H,4-5,10H2,1-2H3. The van der Waals surface area contributed by atoms with E-state index in [1.807, 2.05) is 49.6 Å². The van der Waals surface area contributed by atoms with Gasteiger partial charge in [0.25, 0.3) is 0 Å². The highest BCUT2D eigenvalue weighted by molar-refractivity contribution is 7.85. The summed E-state index contributed by atoms with van der Waals surface area (Å²) in [5, 5.41) is 1.90. The van der Waals surface area contributed by atoms with Crippen LogP contribution in [0.5, 0.6) is 0 Å². The molecule has 0 aliphatic rings. The van der Waals surface area contributed by atoms with Crippen molar-refractivity contribution in [3.05, 3.63) is 51.7 Å². The van der Waals surface area contributed by atoms with Gasteiger partial charge in [0, 0.05) is 17.1 Å². The molecule has 0 radical (unpaired) electrons. The molecule has 4 heteroatoms. The number of carbonyl (C=O) groups excluding carboxylic acids is 1. The van der Waals surface area contributed by atoms with Crippen molar-refractivity contribution in [2.24, 2.45) is 0 Å². The van der Waals surface area contributed by atoms with Gasteiger partial charge in [-0.2, -0.15) is 0 Å². The molecule has 2 aromatic rings. The van der Waals surface area contributed by atoms with Gasteiger partial charge in [0.1, 0.15) is 0 Å². The molecule has 1 aromatic carbocycles. The van der Waals surface area contributed by atoms with Crippen LogP contribution in [0.15, 0.2) is 40.6 Å². The smallest absolute Gasteiger partial charge is 0.172 e. The molecule has 0 N–H and O–H groups in total. The minimum absolute atomic E-state index is 0.151. The summed E-state index contributed by atoms with van der Waals surface area (Å²) in [7, 11) is -1.02. The van der Waals surface area contributed by atoms with E-state index in [-0.39, 0.29) is 5.78 Å². The van der Waals surface area contributed by atoms with E-state index in [0.717, 1.165) is 20.9 Å². The van der Waals surface area contributed by atoms with Crippen molar-refractivity contribution in [3.63, 3.8) is 0 Å². The topological polar surface area (TPSA) is 34.1 Å². The van der Waals surface area contributed by atoms with E-state index in [4.69, 9.17) is 0 Å². The molecular formula is C16H18O2S2. The Morgan fingerprint density at radius 1 is 1.25 bits per heavy atom. The average Bonchev–Trinajstić information content (AvgIpc) is 2.95. The van der Waals surface area contributed by atoms with Crippen LogP contribution in [0.3, 0.4) is 0 Å². The summed E-state index contributed by atoms with van der Waals surface area (Å²) in [6.45, 7) is 3.98. The van der Waals surface area contributed by atoms with Gasteiger partial charge in [-0.25, -0.2) is 0 Å². The number of Topliss-reactive ketones (excluding diaryl/α,β-unsaturated/α-hetero) is 1. The van der Waals surface area contributed by atoms with Gasteiger partial charge in [0.15, 0.2) is 5.78 Å². The van der Waals surface area contributed by atoms with Crippen molar-refractivity contribution in [2.75, 3.05) is 5.75 Å². The molecule has 0 aliphatic heterocycles. The molecule has 2 rings (SSSR count). The van der Waals surface area contributed by atoms with E-state index in [2.05, 4.69) is 0 Å². The fourth-order valence-electron chi connectivity index (χ4n) is 1.99. The maximum Gasteiger partial charge on any atom is 0.172 e. The largest absolute Gasteiger partial charge is 0.293 e. The zero-order chi connectivity index (χ0) is 14.5. The number of hydrogen-bond donors (Lipinski definition) is 0. The number of thiophene rings is 1. The third-order valence-corrected chi connectivity index (χ3v) is 5.62. The fourth-order valence-corrected chi connectivity index (χ4v) is 4.05. The van der Waals surface area contributed by atoms with E-state index in [0.29, 0.717) is 18.6 Å². The number of ketones is 1. The first-order valence-corrected chi connectivity index (χ1v) is 8.80. The maximum atomic E-state index is 12.3. The van der Waals surface area contributed by atoms with Crippen molar-refractivity contribution in [1.82, 2.24) is 0 Å². The highest BCUT2D eigenvalue weighted by Crippen LogP contribution is 2.17. The predicted octanol–water partition coefficient (Wildman–Crippen LogP) is 4.14. The predicted molar refractivity (Wildman–Crippen MR) is 85.1 cm³/mol. The van der Waals surface area contributed by atoms with E-state index in [9.17, 15) is 9.00 Å². The Morgan fingerprint density at radius 3 is 2.75 bits per heavy atom. The second-order valence-corrected chi connectivity index (χ2v) is 7.31. The summed E-state index contributed by atoms with van der Waals surface area (Å²) in [6, 6.07) is 9.73. The Bertz CT molecular complexity index is 615. The summed E-state index contributed by atoms with van der Waals surface area (Å²) in [5.41, 5.74) is 2.17. The molecule has 0 aliphatic carbocycles. The van der Waals surface area contributed by atoms with E-state index >= 15 is 0 Å². The minimum Gasteiger partial charge on any atom is -0.293 e. The van der Waals surface area contributed by atoms with E-state index in [1.165, 1.54) is 11.3 Å². The molecular weight excluding hydrogens is 288 g/mol. The van der Waals surface area contributed by atoms with Crippen LogP contribution in [0.4, 0.5) is 0 Å². The van der Waals surface area contributed by atoms with Gasteiger partial charge in [-0.1, -0.05) is 18.2 Å². The van der Waals surface area contributed by atoms with Crippen molar-refractivity contribution >= 4 is 27.9 Å². The molecule has 0 bridgehead atoms. The Kier molecular flexibility index (Phi) is 5.26. The highest BCUT2D eigenvalue weighted by Gasteiger charge is 2.10. The van der Waals surface area contributed by atoms with Crippen LogP contribution in [-0.4, -0.2) is 15.7 Å². The van der Waals surface area contributed by atoms with Crippen LogP contribution >= 0.6 is 11.3 Å². The number of benzene rings is 1. The molecule has 1 unspecified atom stereocenters. The third kappa shape index (κ3) is 3.87. The molecule has 1 heterocycles. The third-order valence-electron chi connectivity index (χ3n) is 3.12. The van der Waals surface area contributed by atoms with Crippen molar-refractivity contribution in [2.45, 2.75) is 31.6 Å². The SMILES string of the molecule is Cc1ccc(C)c(S(=O)CCCC(=O)c2cccs2)c1. The Morgan fingerprint density at radius 2 is 2.05 bits per heavy atom. The zero-order valence-electron chi connectivity index (χ0n) is 11.7. The van der Waals surface area contributed by atoms with Crippen LogP contribution in [0.25, 0.3) is 0 Å². The van der Waals surface area contributed by atoms with Gasteiger partial charge in [0.05, 0.1) is 15.7 Å². The van der Waals surface area contributed by atoms with Gasteiger partial charge < -0.3 is 0 Å². The second kappa shape index (κ2) is 6.95. The first-order valence-electron chi connectivity index (χ1n) is 6.60. The van der Waals surface area contributed by atoms with Crippen LogP contribution < -0.4 is 0 Å². The number of carbonyl (C=O) groups is 1. The summed E-state index contributed by atoms with van der Waals surface area (Å²) >= 11 is 1.47. The summed E-state index contributed by atoms with van der Waals surface area (Å²) in [5.74, 6) is 0.694. The van der Waals surface area contributed by atoms with Gasteiger partial charge in [-0.05, 0) is 48.9 Å². The van der Waals surface area contributed by atoms with E-state index < -0.39 is 10.8 Å². The number of hydrogen-bond acceptors (Lipinski definition) is 3. The van der Waals surface area contributed by atoms with Crippen LogP contribution in [0.1, 0.15) is 33.6 Å². The lowest BCUT2D eigenvalue weighted by Gasteiger charge is -2.06. The Hall–Kier alpha value is -1.26. The summed E-state index contributed by atoms with van der Waals surface area (Å²) < 4.78 is 12.3. The molecule has 0 saturated heterocycles. The quantitative estimate of drug-likeness (QED) is 0.752. The number of rotatable bonds is 6. The van der Waals surface area contributed by atoms with Gasteiger partial charge in [0.2, 0.25) is 0 Å². The van der Waals surface area contributed by atoms with Crippen molar-refractivity contribution < 1.29 is 9.00 Å². The van der Waals surface area contributed by atoms with Crippen molar-refractivity contribution in [3.8, 4) is 0 Å². The average molecular weight is 306 g/mol. The molecule has 20 heavy (non-hydrogen) atoms. The first kappa shape index (κ1) is 15.1. The second-order valence-electron chi connectivity index (χ2n) is 4.82. The lowest BCUT2D eigenvalue weighted by Crippen LogP contribution is -2.04. The molecule has 0 amide bonds. The van der Waals surface area contributed by atoms with Gasteiger partial charge in [-0.3, -0.25) is 9.00 Å². The zero-order valence-corrected chi connectivity index (χ0v) is 13.4. The van der Waals surface area contributed by atoms with Crippen LogP contribution in [-0.2, 0) is 10.8 Å². The molecule has 1 aromatic heterocycles. The van der Waals surface area contributed by atoms with Crippen LogP contribution in [0.2, 0.25) is 0 Å². The Balaban J connectivity index is 1.89. The van der Waals surface area contributed by atoms with Crippen molar-refractivity contribution in [1.29, 1.82) is 0 Å². The molecule has 0 fully saturated rings. The normalized spacial score (nSPS) is 12.3. The Labute approximate surface area is 126 Å². The summed E-state index contributed by atoms with van der Waals surface area (Å²) in [4.78, 5) is 13.5. The van der Waals surface area contributed by atoms with Gasteiger partial charge in [-0.15, -0.1) is 11.3 Å². The van der Waals surface area contributed by atoms with Crippen LogP contribution in [0, 0.1) is 13.8 Å². The highest BCUT2D eigenvalue weighted by atomic mass is 32.2. The monoisotopic (exact) mass is 306 g/mol. The fraction of sp³-hybridized carbons (Fsp3) is 0.312. The first-order chi connectivity index (χ1) is 9.58. The molecule has 106 valence electrons. The molecule has 2 nitrogen and oxygen atoms in total. The number of aryl methyl sites for hydroxylation is 2. The van der Waals surface area contributed by atoms with E-state index in [1.54, 1.807) is 0 Å². The molecule has 0 spiro atoms. The molecule has 0 saturated carbocycles. The maximum absolute atomic E-state index is 12.3. The molecule has 1 atom stereocenters. The lowest BCUT2D eigenvalue weighted by atomic mass is 10.2.